The van der Waals surface area contributed by atoms with Crippen LogP contribution in [-0.2, 0) is 31.0 Å². The van der Waals surface area contributed by atoms with Crippen molar-refractivity contribution in [1.82, 2.24) is 14.1 Å². The van der Waals surface area contributed by atoms with E-state index in [-0.39, 0.29) is 5.78 Å². The molecule has 304 valence electrons. The molecular formula is C36H35F12N5OP2. The van der Waals surface area contributed by atoms with E-state index in [0.717, 1.165) is 50.1 Å². The number of aryl methyl sites for hydroxylation is 2. The zero-order chi connectivity index (χ0) is 41.4. The largest absolute Gasteiger partial charge is 0.247 e. The molecule has 6 nitrogen and oxygen atoms in total. The predicted octanol–water partition coefficient (Wildman–Crippen LogP) is 13.1. The van der Waals surface area contributed by atoms with Crippen LogP contribution in [0.15, 0.2) is 104 Å². The van der Waals surface area contributed by atoms with Crippen molar-refractivity contribution in [3.8, 4) is 0 Å². The monoisotopic (exact) mass is 843 g/mol. The van der Waals surface area contributed by atoms with Crippen LogP contribution in [0.3, 0.4) is 0 Å². The Morgan fingerprint density at radius 3 is 1.25 bits per heavy atom. The summed E-state index contributed by atoms with van der Waals surface area (Å²) in [4.78, 5) is 14.8. The second kappa shape index (κ2) is 13.7. The molecule has 0 atom stereocenters. The Morgan fingerprint density at radius 1 is 0.554 bits per heavy atom. The normalized spacial score (nSPS) is 15.9. The number of nitrogens with zero attached hydrogens (tertiary/aromatic N) is 5. The van der Waals surface area contributed by atoms with Crippen LogP contribution < -0.4 is 9.13 Å². The Kier molecular flexibility index (Phi) is 10.3. The van der Waals surface area contributed by atoms with E-state index in [0.29, 0.717) is 0 Å². The summed E-state index contributed by atoms with van der Waals surface area (Å²) in [6.07, 6.45) is 6.85. The summed E-state index contributed by atoms with van der Waals surface area (Å²) in [5.74, 6) is 0.167. The number of pyridine rings is 1. The topological polar surface area (TPSA) is 47.6 Å². The van der Waals surface area contributed by atoms with Gasteiger partial charge in [0, 0.05) is 21.9 Å². The Bertz CT molecular complexity index is 2390. The summed E-state index contributed by atoms with van der Waals surface area (Å²) in [6.45, 7) is 6.66. The molecule has 56 heavy (non-hydrogen) atoms. The van der Waals surface area contributed by atoms with Crippen LogP contribution in [0.25, 0.3) is 43.9 Å². The maximum atomic E-state index is 9.87. The van der Waals surface area contributed by atoms with Gasteiger partial charge < -0.3 is 4.79 Å². The third-order valence-electron chi connectivity index (χ3n) is 8.12. The number of para-hydroxylation sites is 6. The quantitative estimate of drug-likeness (QED) is 0.0661. The molecular weight excluding hydrogens is 808 g/mol. The first-order valence-electron chi connectivity index (χ1n) is 16.8. The van der Waals surface area contributed by atoms with Crippen molar-refractivity contribution in [2.45, 2.75) is 52.9 Å². The number of aromatic nitrogens is 5. The fourth-order valence-electron chi connectivity index (χ4n) is 6.29. The minimum atomic E-state index is -10.7. The van der Waals surface area contributed by atoms with Crippen molar-refractivity contribution in [3.05, 3.63) is 115 Å². The summed E-state index contributed by atoms with van der Waals surface area (Å²) >= 11 is 0. The molecule has 8 rings (SSSR count). The van der Waals surface area contributed by atoms with Gasteiger partial charge in [0.05, 0.1) is 24.1 Å². The number of fused-ring (bicyclic) bond motifs is 10. The third kappa shape index (κ3) is 13.4. The molecule has 0 N–H and O–H groups in total. The summed E-state index contributed by atoms with van der Waals surface area (Å²) in [5.41, 5.74) is 9.80. The van der Waals surface area contributed by atoms with Crippen LogP contribution >= 0.6 is 15.6 Å². The molecule has 0 unspecified atom stereocenters. The molecule has 4 heterocycles. The van der Waals surface area contributed by atoms with Gasteiger partial charge in [-0.05, 0) is 57.0 Å². The molecule has 7 aromatic rings. The Morgan fingerprint density at radius 2 is 0.893 bits per heavy atom. The van der Waals surface area contributed by atoms with Crippen LogP contribution in [0, 0.1) is 0 Å². The number of carbonyl (C=O) groups excluding carboxylic acids is 1. The van der Waals surface area contributed by atoms with Gasteiger partial charge in [0.15, 0.2) is 22.1 Å². The summed E-state index contributed by atoms with van der Waals surface area (Å²) in [7, 11) is -21.3. The van der Waals surface area contributed by atoms with Crippen molar-refractivity contribution >= 4 is 65.3 Å². The second-order valence-corrected chi connectivity index (χ2v) is 17.2. The van der Waals surface area contributed by atoms with Crippen LogP contribution in [-0.4, -0.2) is 19.9 Å². The molecule has 0 saturated carbocycles. The molecule has 0 fully saturated rings. The summed E-state index contributed by atoms with van der Waals surface area (Å²) in [5, 5.41) is 2.39. The molecule has 0 saturated heterocycles. The SMILES string of the molecule is CC(C)=O.F[P-](F)(F)(F)(F)F.F[P-](F)(F)(F)(F)F.c1cc2c3nc4c(cccc4cc3c1)C[n+]1cn(c3ccccc31)CCCCn1c[n+](c3ccccc31)C2. The minimum Gasteiger partial charge on any atom is -0.247 e. The Labute approximate surface area is 311 Å². The van der Waals surface area contributed by atoms with E-state index in [4.69, 9.17) is 4.98 Å². The van der Waals surface area contributed by atoms with E-state index in [1.807, 2.05) is 0 Å². The maximum absolute atomic E-state index is 10.7. The minimum absolute atomic E-state index is 0.167. The van der Waals surface area contributed by atoms with E-state index in [2.05, 4.69) is 122 Å². The summed E-state index contributed by atoms with van der Waals surface area (Å²) in [6, 6.07) is 33.0. The van der Waals surface area contributed by atoms with Gasteiger partial charge in [-0.1, -0.05) is 60.7 Å². The van der Waals surface area contributed by atoms with E-state index in [1.54, 1.807) is 0 Å². The number of hydrogen-bond donors (Lipinski definition) is 0. The molecule has 1 aliphatic heterocycles. The van der Waals surface area contributed by atoms with Gasteiger partial charge >= 0.3 is 66.0 Å². The third-order valence-corrected chi connectivity index (χ3v) is 8.12. The molecule has 0 aliphatic carbocycles. The number of benzene rings is 4. The maximum Gasteiger partial charge on any atom is 0.245 e. The molecule has 4 aromatic carbocycles. The van der Waals surface area contributed by atoms with Crippen molar-refractivity contribution in [3.63, 3.8) is 0 Å². The van der Waals surface area contributed by atoms with E-state index in [9.17, 15) is 55.2 Å². The molecule has 3 aromatic heterocycles. The van der Waals surface area contributed by atoms with Gasteiger partial charge in [0.1, 0.15) is 18.9 Å². The predicted molar refractivity (Wildman–Crippen MR) is 194 cm³/mol. The Hall–Kier alpha value is -4.82. The van der Waals surface area contributed by atoms with Gasteiger partial charge in [-0.15, -0.1) is 0 Å². The van der Waals surface area contributed by atoms with E-state index < -0.39 is 15.6 Å². The van der Waals surface area contributed by atoms with Crippen LogP contribution in [0.4, 0.5) is 50.4 Å². The van der Waals surface area contributed by atoms with Crippen molar-refractivity contribution in [2.24, 2.45) is 0 Å². The fourth-order valence-corrected chi connectivity index (χ4v) is 6.29. The number of Topliss-reactive ketones (excluding diaryl/α,β-unsaturated/α-hetero) is 1. The number of rotatable bonds is 0. The Balaban J connectivity index is 0.000000280. The van der Waals surface area contributed by atoms with Crippen LogP contribution in [0.1, 0.15) is 37.8 Å². The molecule has 0 amide bonds. The van der Waals surface area contributed by atoms with Crippen molar-refractivity contribution in [1.29, 1.82) is 0 Å². The zero-order valence-corrected chi connectivity index (χ0v) is 31.4. The fraction of sp³-hybridized carbons (Fsp3) is 0.222. The first-order chi connectivity index (χ1) is 25.4. The average molecular weight is 844 g/mol. The number of imidazole rings is 2. The van der Waals surface area contributed by atoms with Gasteiger partial charge in [-0.2, -0.15) is 0 Å². The van der Waals surface area contributed by atoms with Gasteiger partial charge in [-0.25, -0.2) is 23.3 Å². The number of carbonyl (C=O) groups is 1. The molecule has 0 radical (unpaired) electrons. The smallest absolute Gasteiger partial charge is 0.245 e. The van der Waals surface area contributed by atoms with Crippen molar-refractivity contribution in [2.75, 3.05) is 0 Å². The van der Waals surface area contributed by atoms with Crippen LogP contribution in [0.2, 0.25) is 0 Å². The first kappa shape index (κ1) is 42.3. The van der Waals surface area contributed by atoms with E-state index in [1.165, 1.54) is 57.8 Å². The van der Waals surface area contributed by atoms with Gasteiger partial charge in [-0.3, -0.25) is 0 Å². The number of halogens is 12. The molecule has 20 heteroatoms. The van der Waals surface area contributed by atoms with Gasteiger partial charge in [0.2, 0.25) is 12.7 Å². The standard InChI is InChI=1S/C33H29N5.C3H6O.2F6P/c1-3-15-30-28(13-1)35-17-5-6-18-36-23-38(31-16-4-2-14-29(31)36)21-27-12-8-10-25-19-24-9-7-11-26(20-37(30)22-35)32(24)34-33(25)27;1-3(2)4;2*1-7(2,3,4,5)6/h1-4,7-16,19,22-23H,5-6,17-18,20-21H2;1-2H3;;/q+2;;2*-1. The zero-order valence-electron chi connectivity index (χ0n) is 29.6. The number of hydrogen-bond acceptors (Lipinski definition) is 2. The average Bonchev–Trinajstić information content (AvgIpc) is 3.57. The number of ketones is 1. The van der Waals surface area contributed by atoms with Gasteiger partial charge in [0.25, 0.3) is 0 Å². The van der Waals surface area contributed by atoms with E-state index >= 15 is 0 Å². The molecule has 6 bridgehead atoms. The first-order valence-corrected chi connectivity index (χ1v) is 20.9. The van der Waals surface area contributed by atoms with Crippen molar-refractivity contribution < 1.29 is 64.3 Å². The molecule has 1 aliphatic rings. The van der Waals surface area contributed by atoms with Crippen LogP contribution in [0.5, 0.6) is 0 Å². The summed E-state index contributed by atoms with van der Waals surface area (Å²) < 4.78 is 128. The second-order valence-electron chi connectivity index (χ2n) is 13.3. The molecule has 0 spiro atoms.